The summed E-state index contributed by atoms with van der Waals surface area (Å²) < 4.78 is 87.0. The lowest BCUT2D eigenvalue weighted by atomic mass is 9.90. The fourth-order valence-electron chi connectivity index (χ4n) is 4.54. The number of halogens is 7. The molecule has 0 saturated carbocycles. The largest absolute Gasteiger partial charge is 0.420 e. The Balaban J connectivity index is 1.89. The van der Waals surface area contributed by atoms with Crippen LogP contribution in [0.2, 0.25) is 0 Å². The van der Waals surface area contributed by atoms with Crippen molar-refractivity contribution < 1.29 is 35.9 Å². The Kier molecular flexibility index (Phi) is 5.59. The lowest BCUT2D eigenvalue weighted by molar-refractivity contribution is -0.141. The van der Waals surface area contributed by atoms with Gasteiger partial charge in [-0.1, -0.05) is 58.4 Å². The van der Waals surface area contributed by atoms with E-state index in [0.717, 1.165) is 0 Å². The van der Waals surface area contributed by atoms with Gasteiger partial charge in [-0.05, 0) is 35.2 Å². The third kappa shape index (κ3) is 3.85. The van der Waals surface area contributed by atoms with E-state index in [1.54, 1.807) is 6.07 Å². The van der Waals surface area contributed by atoms with Crippen LogP contribution < -0.4 is 10.6 Å². The van der Waals surface area contributed by atoms with E-state index in [4.69, 9.17) is 5.73 Å². The predicted octanol–water partition coefficient (Wildman–Crippen LogP) is 7.69. The summed E-state index contributed by atoms with van der Waals surface area (Å²) in [6.45, 7) is 0. The van der Waals surface area contributed by atoms with Gasteiger partial charge in [0.05, 0.1) is 16.9 Å². The smallest absolute Gasteiger partial charge is 0.398 e. The van der Waals surface area contributed by atoms with E-state index in [2.05, 4.69) is 15.9 Å². The molecule has 0 saturated heterocycles. The molecular formula is C26H13BrF6N2O2. The second-order valence-corrected chi connectivity index (χ2v) is 9.09. The van der Waals surface area contributed by atoms with Crippen molar-refractivity contribution in [1.82, 2.24) is 0 Å². The number of amides is 2. The number of hydrogen-bond acceptors (Lipinski definition) is 3. The molecule has 2 N–H and O–H groups in total. The quantitative estimate of drug-likeness (QED) is 0.151. The highest BCUT2D eigenvalue weighted by atomic mass is 79.9. The van der Waals surface area contributed by atoms with Crippen molar-refractivity contribution in [3.05, 3.63) is 93.5 Å². The molecule has 0 fully saturated rings. The van der Waals surface area contributed by atoms with Crippen LogP contribution in [-0.4, -0.2) is 11.8 Å². The SMILES string of the molecule is Nc1c(-c2ccccc2)cc(C(F)(F)F)c(N2C(=O)c3cccc4c(Br)ccc(c34)C2=O)c1C(F)(F)F. The predicted molar refractivity (Wildman–Crippen MR) is 129 cm³/mol. The number of hydrogen-bond donors (Lipinski definition) is 1. The van der Waals surface area contributed by atoms with Crippen molar-refractivity contribution in [1.29, 1.82) is 0 Å². The van der Waals surface area contributed by atoms with Gasteiger partial charge in [-0.2, -0.15) is 26.3 Å². The van der Waals surface area contributed by atoms with Gasteiger partial charge in [-0.15, -0.1) is 0 Å². The molecule has 1 aliphatic heterocycles. The second-order valence-electron chi connectivity index (χ2n) is 8.24. The fourth-order valence-corrected chi connectivity index (χ4v) is 5.01. The van der Waals surface area contributed by atoms with Crippen LogP contribution >= 0.6 is 15.9 Å². The van der Waals surface area contributed by atoms with Crippen LogP contribution in [0, 0.1) is 0 Å². The normalized spacial score (nSPS) is 14.0. The van der Waals surface area contributed by atoms with Crippen LogP contribution in [0.3, 0.4) is 0 Å². The zero-order valence-electron chi connectivity index (χ0n) is 18.3. The van der Waals surface area contributed by atoms with Gasteiger partial charge in [0.15, 0.2) is 0 Å². The Hall–Kier alpha value is -3.86. The van der Waals surface area contributed by atoms with E-state index in [-0.39, 0.29) is 27.0 Å². The molecule has 0 radical (unpaired) electrons. The number of carbonyl (C=O) groups excluding carboxylic acids is 2. The summed E-state index contributed by atoms with van der Waals surface area (Å²) >= 11 is 3.28. The van der Waals surface area contributed by atoms with E-state index < -0.39 is 52.2 Å². The molecule has 0 unspecified atom stereocenters. The Morgan fingerprint density at radius 2 is 1.35 bits per heavy atom. The molecular weight excluding hydrogens is 566 g/mol. The Morgan fingerprint density at radius 1 is 0.730 bits per heavy atom. The zero-order chi connectivity index (χ0) is 26.9. The van der Waals surface area contributed by atoms with Gasteiger partial charge in [-0.25, -0.2) is 4.90 Å². The maximum Gasteiger partial charge on any atom is 0.420 e. The van der Waals surface area contributed by atoms with Crippen molar-refractivity contribution in [2.75, 3.05) is 10.6 Å². The van der Waals surface area contributed by atoms with Crippen LogP contribution in [0.15, 0.2) is 71.2 Å². The first-order valence-electron chi connectivity index (χ1n) is 10.6. The highest BCUT2D eigenvalue weighted by molar-refractivity contribution is 9.10. The number of rotatable bonds is 2. The summed E-state index contributed by atoms with van der Waals surface area (Å²) in [5, 5.41) is 0.529. The van der Waals surface area contributed by atoms with Crippen molar-refractivity contribution in [3.63, 3.8) is 0 Å². The minimum atomic E-state index is -5.45. The summed E-state index contributed by atoms with van der Waals surface area (Å²) in [4.78, 5) is 26.9. The number of benzene rings is 4. The molecule has 5 rings (SSSR count). The van der Waals surface area contributed by atoms with Crippen molar-refractivity contribution >= 4 is 49.9 Å². The molecule has 4 aromatic carbocycles. The third-order valence-electron chi connectivity index (χ3n) is 6.09. The summed E-state index contributed by atoms with van der Waals surface area (Å²) in [6, 6.07) is 14.3. The molecule has 0 spiro atoms. The molecule has 188 valence electrons. The van der Waals surface area contributed by atoms with Crippen LogP contribution in [-0.2, 0) is 12.4 Å². The van der Waals surface area contributed by atoms with Crippen LogP contribution in [0.4, 0.5) is 37.7 Å². The fraction of sp³-hybridized carbons (Fsp3) is 0.0769. The van der Waals surface area contributed by atoms with Crippen LogP contribution in [0.25, 0.3) is 21.9 Å². The van der Waals surface area contributed by atoms with E-state index >= 15 is 0 Å². The molecule has 1 heterocycles. The summed E-state index contributed by atoms with van der Waals surface area (Å²) in [6.07, 6.45) is -10.8. The Morgan fingerprint density at radius 3 is 1.95 bits per heavy atom. The molecule has 0 atom stereocenters. The lowest BCUT2D eigenvalue weighted by Gasteiger charge is -2.32. The van der Waals surface area contributed by atoms with Gasteiger partial charge in [0.25, 0.3) is 11.8 Å². The number of carbonyl (C=O) groups is 2. The number of imide groups is 1. The number of nitrogen functional groups attached to an aromatic ring is 1. The van der Waals surface area contributed by atoms with Crippen molar-refractivity contribution in [2.45, 2.75) is 12.4 Å². The first kappa shape index (κ1) is 24.8. The van der Waals surface area contributed by atoms with E-state index in [1.165, 1.54) is 54.6 Å². The topological polar surface area (TPSA) is 63.4 Å². The molecule has 0 aliphatic carbocycles. The first-order chi connectivity index (χ1) is 17.3. The molecule has 4 nitrogen and oxygen atoms in total. The van der Waals surface area contributed by atoms with Crippen LogP contribution in [0.1, 0.15) is 31.8 Å². The number of anilines is 2. The van der Waals surface area contributed by atoms with Gasteiger partial charge < -0.3 is 5.73 Å². The maximum atomic E-state index is 14.5. The molecule has 1 aliphatic rings. The number of alkyl halides is 6. The molecule has 0 aromatic heterocycles. The number of nitrogens with two attached hydrogens (primary N) is 1. The molecule has 0 bridgehead atoms. The molecule has 37 heavy (non-hydrogen) atoms. The second kappa shape index (κ2) is 8.34. The van der Waals surface area contributed by atoms with E-state index in [1.807, 2.05) is 0 Å². The molecule has 4 aromatic rings. The van der Waals surface area contributed by atoms with Crippen LogP contribution in [0.5, 0.6) is 0 Å². The Labute approximate surface area is 213 Å². The summed E-state index contributed by atoms with van der Waals surface area (Å²) in [5.74, 6) is -2.66. The Bertz CT molecular complexity index is 1590. The van der Waals surface area contributed by atoms with Gasteiger partial charge in [0, 0.05) is 26.5 Å². The molecule has 11 heteroatoms. The monoisotopic (exact) mass is 578 g/mol. The first-order valence-corrected chi connectivity index (χ1v) is 11.4. The van der Waals surface area contributed by atoms with Crippen molar-refractivity contribution in [2.24, 2.45) is 0 Å². The van der Waals surface area contributed by atoms with E-state index in [0.29, 0.717) is 15.9 Å². The minimum absolute atomic E-state index is 0.00110. The average Bonchev–Trinajstić information content (AvgIpc) is 2.82. The van der Waals surface area contributed by atoms with Gasteiger partial charge in [-0.3, -0.25) is 9.59 Å². The van der Waals surface area contributed by atoms with Gasteiger partial charge in [0.2, 0.25) is 0 Å². The minimum Gasteiger partial charge on any atom is -0.398 e. The van der Waals surface area contributed by atoms with Gasteiger partial charge in [0.1, 0.15) is 5.56 Å². The lowest BCUT2D eigenvalue weighted by Crippen LogP contribution is -2.43. The third-order valence-corrected chi connectivity index (χ3v) is 6.78. The standard InChI is InChI=1S/C26H13BrF6N2O2/c27-18-10-9-15-19-13(18)7-4-8-14(19)23(36)35(24(15)37)22-17(25(28,29)30)11-16(12-5-2-1-3-6-12)21(34)20(22)26(31,32)33/h1-11H,34H2. The molecule has 2 amide bonds. The van der Waals surface area contributed by atoms with E-state index in [9.17, 15) is 35.9 Å². The number of nitrogens with zero attached hydrogens (tertiary/aromatic N) is 1. The highest BCUT2D eigenvalue weighted by Crippen LogP contribution is 2.52. The highest BCUT2D eigenvalue weighted by Gasteiger charge is 2.49. The average molecular weight is 579 g/mol. The zero-order valence-corrected chi connectivity index (χ0v) is 19.9. The van der Waals surface area contributed by atoms with Crippen molar-refractivity contribution in [3.8, 4) is 11.1 Å². The van der Waals surface area contributed by atoms with Gasteiger partial charge >= 0.3 is 12.4 Å². The summed E-state index contributed by atoms with van der Waals surface area (Å²) in [5.41, 5.74) is -1.55. The summed E-state index contributed by atoms with van der Waals surface area (Å²) in [7, 11) is 0. The maximum absolute atomic E-state index is 14.5.